The lowest BCUT2D eigenvalue weighted by Crippen LogP contribution is -2.05. The molecule has 5 heteroatoms. The first-order valence-corrected chi connectivity index (χ1v) is 6.30. The highest BCUT2D eigenvalue weighted by molar-refractivity contribution is 6.14. The quantitative estimate of drug-likeness (QED) is 0.418. The molecule has 0 bridgehead atoms. The largest absolute Gasteiger partial charge is 0.287 e. The van der Waals surface area contributed by atoms with Gasteiger partial charge in [-0.3, -0.25) is 19.9 Å². The topological polar surface area (TPSA) is 73.1 Å². The van der Waals surface area contributed by atoms with E-state index in [1.54, 1.807) is 6.20 Å². The molecule has 1 heterocycles. The lowest BCUT2D eigenvalue weighted by Gasteiger charge is -2.04. The number of nitrogens with zero attached hydrogens (tertiary/aromatic N) is 2. The Morgan fingerprint density at radius 1 is 1.00 bits per heavy atom. The number of rotatable bonds is 3. The van der Waals surface area contributed by atoms with E-state index in [9.17, 15) is 14.9 Å². The van der Waals surface area contributed by atoms with Gasteiger partial charge in [0.1, 0.15) is 5.69 Å². The van der Waals surface area contributed by atoms with Crippen LogP contribution >= 0.6 is 0 Å². The summed E-state index contributed by atoms with van der Waals surface area (Å²) in [4.78, 5) is 26.8. The number of nitro groups is 1. The van der Waals surface area contributed by atoms with Crippen LogP contribution in [0, 0.1) is 10.1 Å². The van der Waals surface area contributed by atoms with Crippen molar-refractivity contribution in [3.05, 3.63) is 82.2 Å². The third-order valence-electron chi connectivity index (χ3n) is 3.23. The van der Waals surface area contributed by atoms with Crippen LogP contribution in [0.15, 0.2) is 60.8 Å². The van der Waals surface area contributed by atoms with Crippen molar-refractivity contribution in [2.75, 3.05) is 0 Å². The van der Waals surface area contributed by atoms with E-state index in [2.05, 4.69) is 4.98 Å². The predicted octanol–water partition coefficient (Wildman–Crippen LogP) is 3.37. The van der Waals surface area contributed by atoms with Gasteiger partial charge in [0.25, 0.3) is 5.69 Å². The number of hydrogen-bond donors (Lipinski definition) is 0. The third-order valence-corrected chi connectivity index (χ3v) is 3.23. The number of ketones is 1. The number of hydrogen-bond acceptors (Lipinski definition) is 4. The van der Waals surface area contributed by atoms with Crippen molar-refractivity contribution in [3.63, 3.8) is 0 Å². The van der Waals surface area contributed by atoms with Crippen molar-refractivity contribution in [2.45, 2.75) is 0 Å². The second kappa shape index (κ2) is 5.13. The van der Waals surface area contributed by atoms with E-state index < -0.39 is 4.92 Å². The highest BCUT2D eigenvalue weighted by atomic mass is 16.6. The minimum atomic E-state index is -0.496. The van der Waals surface area contributed by atoms with Crippen LogP contribution in [0.2, 0.25) is 0 Å². The van der Waals surface area contributed by atoms with Gasteiger partial charge in [0.15, 0.2) is 0 Å². The molecule has 1 aromatic heterocycles. The molecule has 102 valence electrons. The molecule has 0 amide bonds. The van der Waals surface area contributed by atoms with Crippen molar-refractivity contribution in [2.24, 2.45) is 0 Å². The van der Waals surface area contributed by atoms with Gasteiger partial charge >= 0.3 is 0 Å². The maximum Gasteiger partial charge on any atom is 0.269 e. The molecular weight excluding hydrogens is 268 g/mol. The lowest BCUT2D eigenvalue weighted by molar-refractivity contribution is -0.384. The minimum absolute atomic E-state index is 0.0440. The van der Waals surface area contributed by atoms with E-state index >= 15 is 0 Å². The van der Waals surface area contributed by atoms with Crippen LogP contribution in [-0.2, 0) is 0 Å². The summed E-state index contributed by atoms with van der Waals surface area (Å²) in [5, 5.41) is 12.3. The fourth-order valence-corrected chi connectivity index (χ4v) is 2.17. The van der Waals surface area contributed by atoms with Gasteiger partial charge in [-0.25, -0.2) is 0 Å². The summed E-state index contributed by atoms with van der Waals surface area (Å²) in [5.74, 6) is -0.248. The van der Waals surface area contributed by atoms with Crippen LogP contribution in [0.3, 0.4) is 0 Å². The van der Waals surface area contributed by atoms with Crippen molar-refractivity contribution in [1.29, 1.82) is 0 Å². The summed E-state index contributed by atoms with van der Waals surface area (Å²) in [5.41, 5.74) is 0.684. The highest BCUT2D eigenvalue weighted by Gasteiger charge is 2.15. The van der Waals surface area contributed by atoms with Gasteiger partial charge < -0.3 is 0 Å². The van der Waals surface area contributed by atoms with E-state index in [1.807, 2.05) is 30.3 Å². The first-order valence-electron chi connectivity index (χ1n) is 6.30. The first-order chi connectivity index (χ1) is 10.2. The number of carbonyl (C=O) groups excluding carboxylic acids is 1. The van der Waals surface area contributed by atoms with Gasteiger partial charge in [0.2, 0.25) is 5.78 Å². The Bertz CT molecular complexity index is 836. The summed E-state index contributed by atoms with van der Waals surface area (Å²) >= 11 is 0. The third kappa shape index (κ3) is 2.36. The maximum atomic E-state index is 12.5. The van der Waals surface area contributed by atoms with E-state index in [1.165, 1.54) is 24.3 Å². The zero-order valence-electron chi connectivity index (χ0n) is 10.9. The van der Waals surface area contributed by atoms with E-state index in [-0.39, 0.29) is 11.5 Å². The number of aromatic nitrogens is 1. The Kier molecular flexibility index (Phi) is 3.16. The molecule has 21 heavy (non-hydrogen) atoms. The summed E-state index contributed by atoms with van der Waals surface area (Å²) in [6.45, 7) is 0. The average Bonchev–Trinajstić information content (AvgIpc) is 2.53. The normalized spacial score (nSPS) is 10.5. The molecule has 0 fully saturated rings. The number of non-ortho nitro benzene ring substituents is 1. The monoisotopic (exact) mass is 278 g/mol. The molecule has 3 aromatic rings. The SMILES string of the molecule is O=C(c1ccc([N+](=O)[O-])cc1)c1nccc2ccccc12. The molecule has 5 nitrogen and oxygen atoms in total. The summed E-state index contributed by atoms with van der Waals surface area (Å²) < 4.78 is 0. The molecule has 0 radical (unpaired) electrons. The Balaban J connectivity index is 2.06. The minimum Gasteiger partial charge on any atom is -0.287 e. The summed E-state index contributed by atoms with van der Waals surface area (Å²) in [6, 6.07) is 14.8. The Morgan fingerprint density at radius 2 is 1.71 bits per heavy atom. The van der Waals surface area contributed by atoms with Crippen molar-refractivity contribution in [1.82, 2.24) is 4.98 Å². The molecule has 0 N–H and O–H groups in total. The van der Waals surface area contributed by atoms with Crippen LogP contribution < -0.4 is 0 Å². The van der Waals surface area contributed by atoms with Crippen LogP contribution in [0.25, 0.3) is 10.8 Å². The second-order valence-electron chi connectivity index (χ2n) is 4.51. The number of benzene rings is 2. The Hall–Kier alpha value is -3.08. The zero-order chi connectivity index (χ0) is 14.8. The summed E-state index contributed by atoms with van der Waals surface area (Å²) in [6.07, 6.45) is 1.58. The van der Waals surface area contributed by atoms with Gasteiger partial charge in [-0.05, 0) is 23.6 Å². The molecule has 0 saturated heterocycles. The van der Waals surface area contributed by atoms with Crippen LogP contribution in [0.5, 0.6) is 0 Å². The van der Waals surface area contributed by atoms with Gasteiger partial charge in [-0.1, -0.05) is 24.3 Å². The van der Waals surface area contributed by atoms with Crippen molar-refractivity contribution in [3.8, 4) is 0 Å². The second-order valence-corrected chi connectivity index (χ2v) is 4.51. The first kappa shape index (κ1) is 12.9. The number of nitro benzene ring substituents is 1. The lowest BCUT2D eigenvalue weighted by atomic mass is 10.0. The molecule has 0 unspecified atom stereocenters. The van der Waals surface area contributed by atoms with Crippen LogP contribution in [0.1, 0.15) is 16.1 Å². The fourth-order valence-electron chi connectivity index (χ4n) is 2.17. The number of carbonyl (C=O) groups is 1. The van der Waals surface area contributed by atoms with E-state index in [4.69, 9.17) is 0 Å². The van der Waals surface area contributed by atoms with Gasteiger partial charge in [0.05, 0.1) is 4.92 Å². The van der Waals surface area contributed by atoms with Crippen molar-refractivity contribution < 1.29 is 9.72 Å². The molecular formula is C16H10N2O3. The standard InChI is InChI=1S/C16H10N2O3/c19-16(12-5-7-13(8-6-12)18(20)21)15-14-4-2-1-3-11(14)9-10-17-15/h1-10H. The molecule has 0 spiro atoms. The molecule has 0 aliphatic carbocycles. The molecule has 0 saturated carbocycles. The van der Waals surface area contributed by atoms with Gasteiger partial charge in [0, 0.05) is 29.3 Å². The maximum absolute atomic E-state index is 12.5. The summed E-state index contributed by atoms with van der Waals surface area (Å²) in [7, 11) is 0. The van der Waals surface area contributed by atoms with Crippen molar-refractivity contribution >= 4 is 22.2 Å². The number of pyridine rings is 1. The highest BCUT2D eigenvalue weighted by Crippen LogP contribution is 2.20. The average molecular weight is 278 g/mol. The van der Waals surface area contributed by atoms with Gasteiger partial charge in [-0.2, -0.15) is 0 Å². The molecule has 3 rings (SSSR count). The Morgan fingerprint density at radius 3 is 2.43 bits per heavy atom. The van der Waals surface area contributed by atoms with Crippen LogP contribution in [0.4, 0.5) is 5.69 Å². The molecule has 0 atom stereocenters. The molecule has 0 aliphatic heterocycles. The Labute approximate surface area is 120 Å². The van der Waals surface area contributed by atoms with Crippen LogP contribution in [-0.4, -0.2) is 15.7 Å². The van der Waals surface area contributed by atoms with Gasteiger partial charge in [-0.15, -0.1) is 0 Å². The van der Waals surface area contributed by atoms with E-state index in [0.717, 1.165) is 10.8 Å². The zero-order valence-corrected chi connectivity index (χ0v) is 10.9. The molecule has 0 aliphatic rings. The smallest absolute Gasteiger partial charge is 0.269 e. The predicted molar refractivity (Wildman–Crippen MR) is 78.3 cm³/mol. The fraction of sp³-hybridized carbons (Fsp3) is 0. The van der Waals surface area contributed by atoms with E-state index in [0.29, 0.717) is 11.3 Å². The number of fused-ring (bicyclic) bond motifs is 1. The molecule has 2 aromatic carbocycles.